The fraction of sp³-hybridized carbons (Fsp3) is 0.529. The van der Waals surface area contributed by atoms with Crippen molar-refractivity contribution in [1.82, 2.24) is 10.2 Å². The van der Waals surface area contributed by atoms with E-state index in [1.54, 1.807) is 19.2 Å². The zero-order valence-electron chi connectivity index (χ0n) is 12.9. The van der Waals surface area contributed by atoms with Crippen LogP contribution < -0.4 is 5.32 Å². The molecule has 0 aromatic heterocycles. The third-order valence-corrected chi connectivity index (χ3v) is 4.19. The maximum absolute atomic E-state index is 12.4. The molecule has 0 unspecified atom stereocenters. The van der Waals surface area contributed by atoms with Gasteiger partial charge in [-0.15, -0.1) is 0 Å². The van der Waals surface area contributed by atoms with Gasteiger partial charge in [0.2, 0.25) is 5.91 Å². The zero-order valence-corrected chi connectivity index (χ0v) is 12.9. The third kappa shape index (κ3) is 4.06. The molecule has 1 aliphatic carbocycles. The van der Waals surface area contributed by atoms with Crippen LogP contribution in [0.15, 0.2) is 24.3 Å². The number of carbonyl (C=O) groups excluding carboxylic acids is 2. The second-order valence-electron chi connectivity index (χ2n) is 5.81. The molecule has 4 heteroatoms. The molecule has 0 heterocycles. The van der Waals surface area contributed by atoms with Crippen molar-refractivity contribution in [1.29, 1.82) is 0 Å². The summed E-state index contributed by atoms with van der Waals surface area (Å²) >= 11 is 0. The van der Waals surface area contributed by atoms with Crippen molar-refractivity contribution in [2.75, 3.05) is 14.1 Å². The molecule has 1 aromatic carbocycles. The van der Waals surface area contributed by atoms with E-state index in [2.05, 4.69) is 5.32 Å². The van der Waals surface area contributed by atoms with Crippen molar-refractivity contribution >= 4 is 11.8 Å². The van der Waals surface area contributed by atoms with Crippen LogP contribution in [0, 0.1) is 5.92 Å². The summed E-state index contributed by atoms with van der Waals surface area (Å²) in [6.45, 7) is 0.601. The van der Waals surface area contributed by atoms with Crippen molar-refractivity contribution in [3.8, 4) is 0 Å². The standard InChI is InChI=1S/C17H24N2O2/c1-18-16(20)14-10-8-13(9-11-14)12-19(2)17(21)15-6-4-3-5-7-15/h8-11,15H,3-7,12H2,1-2H3,(H,18,20). The van der Waals surface area contributed by atoms with Crippen LogP contribution in [0.2, 0.25) is 0 Å². The van der Waals surface area contributed by atoms with Gasteiger partial charge in [0.25, 0.3) is 5.91 Å². The van der Waals surface area contributed by atoms with Crippen LogP contribution >= 0.6 is 0 Å². The van der Waals surface area contributed by atoms with Gasteiger partial charge in [-0.2, -0.15) is 0 Å². The van der Waals surface area contributed by atoms with Crippen LogP contribution in [-0.2, 0) is 11.3 Å². The minimum atomic E-state index is -0.0896. The highest BCUT2D eigenvalue weighted by atomic mass is 16.2. The van der Waals surface area contributed by atoms with Gasteiger partial charge in [0, 0.05) is 32.1 Å². The molecule has 0 atom stereocenters. The minimum Gasteiger partial charge on any atom is -0.355 e. The predicted octanol–water partition coefficient (Wildman–Crippen LogP) is 2.58. The van der Waals surface area contributed by atoms with Gasteiger partial charge in [0.1, 0.15) is 0 Å². The molecule has 4 nitrogen and oxygen atoms in total. The molecule has 0 radical (unpaired) electrons. The summed E-state index contributed by atoms with van der Waals surface area (Å²) in [5.74, 6) is 0.368. The fourth-order valence-corrected chi connectivity index (χ4v) is 2.92. The first-order valence-electron chi connectivity index (χ1n) is 7.68. The first-order valence-corrected chi connectivity index (χ1v) is 7.68. The Morgan fingerprint density at radius 3 is 2.33 bits per heavy atom. The zero-order chi connectivity index (χ0) is 15.2. The maximum atomic E-state index is 12.4. The molecule has 0 bridgehead atoms. The average Bonchev–Trinajstić information content (AvgIpc) is 2.55. The number of nitrogens with zero attached hydrogens (tertiary/aromatic N) is 1. The number of carbonyl (C=O) groups is 2. The van der Waals surface area contributed by atoms with Crippen LogP contribution in [0.25, 0.3) is 0 Å². The Morgan fingerprint density at radius 1 is 1.14 bits per heavy atom. The Kier molecular flexibility index (Phi) is 5.37. The summed E-state index contributed by atoms with van der Waals surface area (Å²) in [6.07, 6.45) is 5.65. The van der Waals surface area contributed by atoms with E-state index in [4.69, 9.17) is 0 Å². The largest absolute Gasteiger partial charge is 0.355 e. The van der Waals surface area contributed by atoms with E-state index in [-0.39, 0.29) is 17.7 Å². The molecule has 1 aromatic rings. The number of hydrogen-bond acceptors (Lipinski definition) is 2. The van der Waals surface area contributed by atoms with Gasteiger partial charge >= 0.3 is 0 Å². The average molecular weight is 288 g/mol. The van der Waals surface area contributed by atoms with Crippen molar-refractivity contribution in [2.45, 2.75) is 38.6 Å². The van der Waals surface area contributed by atoms with Crippen LogP contribution in [0.4, 0.5) is 0 Å². The molecule has 1 fully saturated rings. The third-order valence-electron chi connectivity index (χ3n) is 4.19. The van der Waals surface area contributed by atoms with E-state index in [1.165, 1.54) is 19.3 Å². The monoisotopic (exact) mass is 288 g/mol. The van der Waals surface area contributed by atoms with Crippen molar-refractivity contribution in [3.63, 3.8) is 0 Å². The Bertz CT molecular complexity index is 490. The molecule has 1 N–H and O–H groups in total. The van der Waals surface area contributed by atoms with Crippen molar-refractivity contribution < 1.29 is 9.59 Å². The van der Waals surface area contributed by atoms with E-state index in [9.17, 15) is 9.59 Å². The first kappa shape index (κ1) is 15.5. The molecule has 0 saturated heterocycles. The Morgan fingerprint density at radius 2 is 1.76 bits per heavy atom. The summed E-state index contributed by atoms with van der Waals surface area (Å²) < 4.78 is 0. The van der Waals surface area contributed by atoms with Crippen molar-refractivity contribution in [3.05, 3.63) is 35.4 Å². The smallest absolute Gasteiger partial charge is 0.251 e. The summed E-state index contributed by atoms with van der Waals surface area (Å²) in [6, 6.07) is 7.42. The lowest BCUT2D eigenvalue weighted by Gasteiger charge is -2.26. The highest BCUT2D eigenvalue weighted by Gasteiger charge is 2.23. The topological polar surface area (TPSA) is 49.4 Å². The van der Waals surface area contributed by atoms with Crippen LogP contribution in [0.3, 0.4) is 0 Å². The molecule has 1 aliphatic rings. The number of amides is 2. The lowest BCUT2D eigenvalue weighted by atomic mass is 9.88. The summed E-state index contributed by atoms with van der Waals surface area (Å²) in [5, 5.41) is 2.60. The summed E-state index contributed by atoms with van der Waals surface area (Å²) in [4.78, 5) is 25.7. The Hall–Kier alpha value is -1.84. The number of nitrogens with one attached hydrogen (secondary N) is 1. The molecular weight excluding hydrogens is 264 g/mol. The fourth-order valence-electron chi connectivity index (χ4n) is 2.92. The Balaban J connectivity index is 1.93. The quantitative estimate of drug-likeness (QED) is 0.925. The molecule has 114 valence electrons. The SMILES string of the molecule is CNC(=O)c1ccc(CN(C)C(=O)C2CCCCC2)cc1. The normalized spacial score (nSPS) is 15.5. The Labute approximate surface area is 126 Å². The molecule has 1 saturated carbocycles. The summed E-state index contributed by atoms with van der Waals surface area (Å²) in [5.41, 5.74) is 1.69. The second-order valence-corrected chi connectivity index (χ2v) is 5.81. The van der Waals surface area contributed by atoms with Gasteiger partial charge in [-0.25, -0.2) is 0 Å². The maximum Gasteiger partial charge on any atom is 0.251 e. The van der Waals surface area contributed by atoms with Gasteiger partial charge in [-0.1, -0.05) is 31.4 Å². The summed E-state index contributed by atoms with van der Waals surface area (Å²) in [7, 11) is 3.48. The first-order chi connectivity index (χ1) is 10.1. The number of rotatable bonds is 4. The number of benzene rings is 1. The lowest BCUT2D eigenvalue weighted by molar-refractivity contribution is -0.135. The van der Waals surface area contributed by atoms with Crippen LogP contribution in [0.5, 0.6) is 0 Å². The van der Waals surface area contributed by atoms with Crippen LogP contribution in [-0.4, -0.2) is 30.8 Å². The number of hydrogen-bond donors (Lipinski definition) is 1. The van der Waals surface area contributed by atoms with Crippen LogP contribution in [0.1, 0.15) is 48.0 Å². The van der Waals surface area contributed by atoms with Crippen molar-refractivity contribution in [2.24, 2.45) is 5.92 Å². The highest BCUT2D eigenvalue weighted by molar-refractivity contribution is 5.93. The van der Waals surface area contributed by atoms with E-state index in [1.807, 2.05) is 24.1 Å². The van der Waals surface area contributed by atoms with E-state index >= 15 is 0 Å². The lowest BCUT2D eigenvalue weighted by Crippen LogP contribution is -2.33. The second kappa shape index (κ2) is 7.25. The highest BCUT2D eigenvalue weighted by Crippen LogP contribution is 2.25. The van der Waals surface area contributed by atoms with Gasteiger partial charge in [-0.3, -0.25) is 9.59 Å². The molecular formula is C17H24N2O2. The van der Waals surface area contributed by atoms with Gasteiger partial charge in [-0.05, 0) is 30.5 Å². The molecule has 0 spiro atoms. The molecule has 0 aliphatic heterocycles. The minimum absolute atomic E-state index is 0.0896. The molecule has 2 rings (SSSR count). The van der Waals surface area contributed by atoms with E-state index in [0.29, 0.717) is 12.1 Å². The molecule has 21 heavy (non-hydrogen) atoms. The van der Waals surface area contributed by atoms with E-state index < -0.39 is 0 Å². The van der Waals surface area contributed by atoms with Gasteiger partial charge in [0.15, 0.2) is 0 Å². The van der Waals surface area contributed by atoms with Gasteiger partial charge in [0.05, 0.1) is 0 Å². The molecule has 2 amide bonds. The predicted molar refractivity (Wildman–Crippen MR) is 82.9 cm³/mol. The van der Waals surface area contributed by atoms with E-state index in [0.717, 1.165) is 18.4 Å². The van der Waals surface area contributed by atoms with Gasteiger partial charge < -0.3 is 10.2 Å².